The quantitative estimate of drug-likeness (QED) is 0.146. The van der Waals surface area contributed by atoms with E-state index in [1.165, 1.54) is 47.6 Å². The maximum Gasteiger partial charge on any atom is 0.339 e. The van der Waals surface area contributed by atoms with Gasteiger partial charge in [0.25, 0.3) is 0 Å². The van der Waals surface area contributed by atoms with Crippen LogP contribution in [0.5, 0.6) is 0 Å². The summed E-state index contributed by atoms with van der Waals surface area (Å²) in [6.07, 6.45) is 11.2. The number of rotatable bonds is 10. The molecule has 0 atom stereocenters. The third-order valence-corrected chi connectivity index (χ3v) is 11.3. The van der Waals surface area contributed by atoms with E-state index < -0.39 is 11.9 Å². The number of carbonyl (C=O) groups is 2. The van der Waals surface area contributed by atoms with Crippen LogP contribution in [0, 0.1) is 0 Å². The summed E-state index contributed by atoms with van der Waals surface area (Å²) >= 11 is 0. The van der Waals surface area contributed by atoms with Gasteiger partial charge in [-0.1, -0.05) is 55.4 Å². The van der Waals surface area contributed by atoms with E-state index in [2.05, 4.69) is 55.4 Å². The van der Waals surface area contributed by atoms with E-state index in [1.807, 2.05) is 0 Å². The molecule has 2 aliphatic carbocycles. The van der Waals surface area contributed by atoms with Crippen LogP contribution in [-0.2, 0) is 86.5 Å². The lowest BCUT2D eigenvalue weighted by Crippen LogP contribution is -2.27. The van der Waals surface area contributed by atoms with Gasteiger partial charge in [-0.05, 0) is 166 Å². The molecule has 46 heavy (non-hydrogen) atoms. The summed E-state index contributed by atoms with van der Waals surface area (Å²) in [5.41, 5.74) is 23.8. The van der Waals surface area contributed by atoms with Crippen LogP contribution in [0.4, 0.5) is 0 Å². The van der Waals surface area contributed by atoms with Crippen molar-refractivity contribution in [3.63, 3.8) is 0 Å². The van der Waals surface area contributed by atoms with Crippen LogP contribution in [0.15, 0.2) is 0 Å². The van der Waals surface area contributed by atoms with Crippen molar-refractivity contribution in [3.05, 3.63) is 100 Å². The molecule has 0 unspecified atom stereocenters. The molecule has 0 fully saturated rings. The molecule has 4 nitrogen and oxygen atoms in total. The van der Waals surface area contributed by atoms with E-state index in [0.29, 0.717) is 24.0 Å². The molecular formula is C42H54O4. The zero-order chi connectivity index (χ0) is 33.4. The second-order valence-corrected chi connectivity index (χ2v) is 12.9. The fourth-order valence-electron chi connectivity index (χ4n) is 9.56. The van der Waals surface area contributed by atoms with Crippen LogP contribution in [0.3, 0.4) is 0 Å². The number of hydrogen-bond donors (Lipinski definition) is 0. The van der Waals surface area contributed by atoms with E-state index in [0.717, 1.165) is 75.3 Å². The minimum atomic E-state index is -0.454. The van der Waals surface area contributed by atoms with Gasteiger partial charge in [0.2, 0.25) is 0 Å². The van der Waals surface area contributed by atoms with E-state index in [4.69, 9.17) is 9.47 Å². The highest BCUT2D eigenvalue weighted by atomic mass is 16.5. The van der Waals surface area contributed by atoms with Crippen molar-refractivity contribution < 1.29 is 19.1 Å². The van der Waals surface area contributed by atoms with E-state index in [-0.39, 0.29) is 0 Å². The maximum absolute atomic E-state index is 13.3. The fourth-order valence-corrected chi connectivity index (χ4v) is 9.56. The van der Waals surface area contributed by atoms with Gasteiger partial charge in [0.1, 0.15) is 0 Å². The molecule has 2 aliphatic rings. The van der Waals surface area contributed by atoms with Gasteiger partial charge < -0.3 is 9.47 Å². The highest BCUT2D eigenvalue weighted by Crippen LogP contribution is 2.46. The Kier molecular flexibility index (Phi) is 10.2. The molecule has 0 radical (unpaired) electrons. The molecule has 5 rings (SSSR count). The molecule has 3 aromatic carbocycles. The average Bonchev–Trinajstić information content (AvgIpc) is 3.09. The number of fused-ring (bicyclic) bond motifs is 4. The number of ether oxygens (including phenoxy) is 2. The second-order valence-electron chi connectivity index (χ2n) is 12.9. The van der Waals surface area contributed by atoms with Crippen molar-refractivity contribution in [3.8, 4) is 0 Å². The Hall–Kier alpha value is -3.40. The minimum absolute atomic E-state index is 0.398. The van der Waals surface area contributed by atoms with E-state index in [9.17, 15) is 9.59 Å². The molecule has 0 aromatic heterocycles. The normalized spacial score (nSPS) is 13.1. The van der Waals surface area contributed by atoms with Gasteiger partial charge in [-0.3, -0.25) is 0 Å². The zero-order valence-electron chi connectivity index (χ0n) is 30.1. The lowest BCUT2D eigenvalue weighted by atomic mass is 9.68. The predicted octanol–water partition coefficient (Wildman–Crippen LogP) is 8.75. The van der Waals surface area contributed by atoms with Gasteiger partial charge in [-0.25, -0.2) is 9.59 Å². The van der Waals surface area contributed by atoms with Crippen molar-refractivity contribution >= 4 is 11.9 Å². The Morgan fingerprint density at radius 1 is 0.370 bits per heavy atom. The molecule has 3 aromatic rings. The highest BCUT2D eigenvalue weighted by Gasteiger charge is 2.36. The fraction of sp³-hybridized carbons (Fsp3) is 0.524. The lowest BCUT2D eigenvalue weighted by Gasteiger charge is -2.36. The Bertz CT molecular complexity index is 1600. The van der Waals surface area contributed by atoms with Gasteiger partial charge in [0.15, 0.2) is 0 Å². The van der Waals surface area contributed by atoms with Crippen molar-refractivity contribution in [2.45, 2.75) is 132 Å². The molecule has 0 saturated heterocycles. The third kappa shape index (κ3) is 5.02. The van der Waals surface area contributed by atoms with Crippen molar-refractivity contribution in [1.29, 1.82) is 0 Å². The first-order valence-electron chi connectivity index (χ1n) is 17.9. The van der Waals surface area contributed by atoms with Crippen LogP contribution >= 0.6 is 0 Å². The van der Waals surface area contributed by atoms with Crippen molar-refractivity contribution in [2.75, 3.05) is 14.2 Å². The van der Waals surface area contributed by atoms with Crippen LogP contribution < -0.4 is 0 Å². The van der Waals surface area contributed by atoms with Crippen molar-refractivity contribution in [2.24, 2.45) is 0 Å². The van der Waals surface area contributed by atoms with Gasteiger partial charge in [-0.2, -0.15) is 0 Å². The summed E-state index contributed by atoms with van der Waals surface area (Å²) in [5.74, 6) is -0.908. The number of hydrogen-bond acceptors (Lipinski definition) is 4. The summed E-state index contributed by atoms with van der Waals surface area (Å²) in [4.78, 5) is 26.7. The summed E-state index contributed by atoms with van der Waals surface area (Å²) in [6, 6.07) is 0. The molecule has 0 heterocycles. The summed E-state index contributed by atoms with van der Waals surface area (Å²) < 4.78 is 10.6. The Balaban J connectivity index is 1.83. The maximum atomic E-state index is 13.3. The molecule has 0 N–H and O–H groups in total. The molecular weight excluding hydrogens is 568 g/mol. The summed E-state index contributed by atoms with van der Waals surface area (Å²) in [6.45, 7) is 18.2. The largest absolute Gasteiger partial charge is 0.465 e. The van der Waals surface area contributed by atoms with Crippen LogP contribution in [0.25, 0.3) is 0 Å². The molecule has 0 aliphatic heterocycles. The Morgan fingerprint density at radius 2 is 0.587 bits per heavy atom. The summed E-state index contributed by atoms with van der Waals surface area (Å²) in [5, 5.41) is 0. The number of benzene rings is 3. The molecule has 0 bridgehead atoms. The summed E-state index contributed by atoms with van der Waals surface area (Å²) in [7, 11) is 2.80. The van der Waals surface area contributed by atoms with Crippen LogP contribution in [0.2, 0.25) is 0 Å². The number of esters is 2. The number of methoxy groups -OCH3 is 2. The van der Waals surface area contributed by atoms with Gasteiger partial charge in [-0.15, -0.1) is 0 Å². The SMILES string of the molecule is CCc1c(CC)c(CC)c2c(c1CC)Cc1c(CC)c3c(c(CC)c1C2)Cc1c(c(CC)c(C(=O)OC)c(C(=O)OC)c1CC)C3. The van der Waals surface area contributed by atoms with Gasteiger partial charge >= 0.3 is 11.9 Å². The Morgan fingerprint density at radius 3 is 0.804 bits per heavy atom. The third-order valence-electron chi connectivity index (χ3n) is 11.3. The molecule has 4 heteroatoms. The highest BCUT2D eigenvalue weighted by molar-refractivity contribution is 6.06. The zero-order valence-corrected chi connectivity index (χ0v) is 30.1. The first-order valence-corrected chi connectivity index (χ1v) is 17.9. The van der Waals surface area contributed by atoms with Gasteiger partial charge in [0, 0.05) is 0 Å². The molecule has 0 saturated carbocycles. The second kappa shape index (κ2) is 13.8. The minimum Gasteiger partial charge on any atom is -0.465 e. The monoisotopic (exact) mass is 622 g/mol. The standard InChI is InChI=1S/C42H54O4/c1-11-23-24(12-2)26(14-4)32-20-34-28(16-6)36-22-38-30(18-8)40(42(44)46-10)39(41(43)45-9)29(17-7)37(38)21-35(36)27(15-5)33(34)19-31(32)25(23)13-3/h11-22H2,1-10H3. The van der Waals surface area contributed by atoms with Crippen LogP contribution in [0.1, 0.15) is 165 Å². The van der Waals surface area contributed by atoms with Crippen LogP contribution in [-0.4, -0.2) is 26.2 Å². The smallest absolute Gasteiger partial charge is 0.339 e. The molecule has 246 valence electrons. The number of carbonyl (C=O) groups excluding carboxylic acids is 2. The van der Waals surface area contributed by atoms with E-state index in [1.54, 1.807) is 44.5 Å². The predicted molar refractivity (Wildman–Crippen MR) is 188 cm³/mol. The van der Waals surface area contributed by atoms with Crippen molar-refractivity contribution in [1.82, 2.24) is 0 Å². The first kappa shape index (κ1) is 33.9. The van der Waals surface area contributed by atoms with Gasteiger partial charge in [0.05, 0.1) is 25.3 Å². The van der Waals surface area contributed by atoms with E-state index >= 15 is 0 Å². The Labute approximate surface area is 277 Å². The molecule has 0 spiro atoms. The molecule has 0 amide bonds. The topological polar surface area (TPSA) is 52.6 Å². The average molecular weight is 623 g/mol. The lowest BCUT2D eigenvalue weighted by molar-refractivity contribution is 0.0553. The first-order chi connectivity index (χ1) is 22.2.